The molecule has 26 heavy (non-hydrogen) atoms. The molecule has 9 heteroatoms. The maximum atomic E-state index is 12.6. The fourth-order valence-corrected chi connectivity index (χ4v) is 3.10. The second kappa shape index (κ2) is 7.20. The summed E-state index contributed by atoms with van der Waals surface area (Å²) in [5.74, 6) is 0.142. The van der Waals surface area contributed by atoms with Gasteiger partial charge in [-0.3, -0.25) is 14.5 Å². The van der Waals surface area contributed by atoms with Crippen molar-refractivity contribution in [2.24, 2.45) is 0 Å². The highest BCUT2D eigenvalue weighted by Gasteiger charge is 2.52. The molecule has 2 aliphatic heterocycles. The van der Waals surface area contributed by atoms with Crippen LogP contribution >= 0.6 is 0 Å². The molecular formula is C17H21N3O6. The van der Waals surface area contributed by atoms with Gasteiger partial charge in [-0.05, 0) is 0 Å². The largest absolute Gasteiger partial charge is 0.497 e. The van der Waals surface area contributed by atoms with Gasteiger partial charge in [0.2, 0.25) is 5.91 Å². The molecule has 2 N–H and O–H groups in total. The lowest BCUT2D eigenvalue weighted by Gasteiger charge is -2.30. The summed E-state index contributed by atoms with van der Waals surface area (Å²) in [5, 5.41) is 5.37. The molecule has 0 aliphatic carbocycles. The molecule has 140 valence electrons. The van der Waals surface area contributed by atoms with E-state index < -0.39 is 17.5 Å². The fourth-order valence-electron chi connectivity index (χ4n) is 3.10. The van der Waals surface area contributed by atoms with Crippen molar-refractivity contribution in [3.8, 4) is 11.5 Å². The van der Waals surface area contributed by atoms with E-state index in [1.807, 2.05) is 0 Å². The van der Waals surface area contributed by atoms with Gasteiger partial charge < -0.3 is 24.8 Å². The average molecular weight is 363 g/mol. The zero-order chi connectivity index (χ0) is 18.7. The molecule has 1 aromatic carbocycles. The Bertz CT molecular complexity index is 707. The predicted molar refractivity (Wildman–Crippen MR) is 91.2 cm³/mol. The number of methoxy groups -OCH3 is 2. The average Bonchev–Trinajstić information content (AvgIpc) is 2.86. The van der Waals surface area contributed by atoms with E-state index in [9.17, 15) is 14.4 Å². The third-order valence-corrected chi connectivity index (χ3v) is 4.53. The van der Waals surface area contributed by atoms with Crippen LogP contribution in [0.5, 0.6) is 11.5 Å². The number of rotatable bonds is 5. The van der Waals surface area contributed by atoms with Gasteiger partial charge in [-0.2, -0.15) is 0 Å². The summed E-state index contributed by atoms with van der Waals surface area (Å²) >= 11 is 0. The Morgan fingerprint density at radius 2 is 1.81 bits per heavy atom. The molecule has 2 aliphatic rings. The number of benzene rings is 1. The number of carbonyl (C=O) groups excluding carboxylic acids is 3. The van der Waals surface area contributed by atoms with Crippen LogP contribution in [0.3, 0.4) is 0 Å². The number of urea groups is 1. The molecule has 9 nitrogen and oxygen atoms in total. The monoisotopic (exact) mass is 363 g/mol. The first-order valence-corrected chi connectivity index (χ1v) is 8.22. The third kappa shape index (κ3) is 3.43. The Morgan fingerprint density at radius 1 is 1.19 bits per heavy atom. The van der Waals surface area contributed by atoms with Crippen molar-refractivity contribution in [3.63, 3.8) is 0 Å². The molecule has 0 saturated carbocycles. The predicted octanol–water partition coefficient (Wildman–Crippen LogP) is 0.743. The Morgan fingerprint density at radius 3 is 2.38 bits per heavy atom. The SMILES string of the molecule is COc1cc(NC(=O)CN2C(=O)NC3(CCOCC3)C2=O)cc(OC)c1. The molecule has 2 saturated heterocycles. The molecule has 1 aromatic rings. The van der Waals surface area contributed by atoms with E-state index in [0.29, 0.717) is 43.2 Å². The quantitative estimate of drug-likeness (QED) is 0.748. The van der Waals surface area contributed by atoms with Crippen molar-refractivity contribution < 1.29 is 28.6 Å². The van der Waals surface area contributed by atoms with Gasteiger partial charge in [0.15, 0.2) is 0 Å². The van der Waals surface area contributed by atoms with Crippen LogP contribution in [-0.4, -0.2) is 62.3 Å². The van der Waals surface area contributed by atoms with E-state index in [-0.39, 0.29) is 12.5 Å². The number of amides is 4. The van der Waals surface area contributed by atoms with E-state index in [2.05, 4.69) is 10.6 Å². The summed E-state index contributed by atoms with van der Waals surface area (Å²) in [6, 6.07) is 4.34. The minimum atomic E-state index is -0.950. The number of anilines is 1. The number of ether oxygens (including phenoxy) is 3. The maximum absolute atomic E-state index is 12.6. The molecule has 0 unspecified atom stereocenters. The van der Waals surface area contributed by atoms with Crippen LogP contribution in [0.15, 0.2) is 18.2 Å². The van der Waals surface area contributed by atoms with Crippen LogP contribution in [0.25, 0.3) is 0 Å². The topological polar surface area (TPSA) is 106 Å². The van der Waals surface area contributed by atoms with Gasteiger partial charge in [-0.25, -0.2) is 4.79 Å². The minimum absolute atomic E-state index is 0.368. The first kappa shape index (κ1) is 18.0. The van der Waals surface area contributed by atoms with Crippen molar-refractivity contribution in [2.45, 2.75) is 18.4 Å². The molecule has 3 rings (SSSR count). The molecule has 0 bridgehead atoms. The molecule has 4 amide bonds. The molecule has 0 aromatic heterocycles. The van der Waals surface area contributed by atoms with Crippen LogP contribution in [0, 0.1) is 0 Å². The van der Waals surface area contributed by atoms with E-state index >= 15 is 0 Å². The van der Waals surface area contributed by atoms with Gasteiger partial charge in [0, 0.05) is 49.9 Å². The first-order chi connectivity index (χ1) is 12.5. The Kier molecular flexibility index (Phi) is 4.99. The lowest BCUT2D eigenvalue weighted by Crippen LogP contribution is -2.51. The third-order valence-electron chi connectivity index (χ3n) is 4.53. The van der Waals surface area contributed by atoms with Crippen molar-refractivity contribution in [1.29, 1.82) is 0 Å². The van der Waals surface area contributed by atoms with Gasteiger partial charge in [0.05, 0.1) is 14.2 Å². The summed E-state index contributed by atoms with van der Waals surface area (Å²) in [7, 11) is 3.00. The summed E-state index contributed by atoms with van der Waals surface area (Å²) < 4.78 is 15.6. The van der Waals surface area contributed by atoms with Crippen LogP contribution < -0.4 is 20.1 Å². The van der Waals surface area contributed by atoms with Gasteiger partial charge in [0.25, 0.3) is 5.91 Å². The summed E-state index contributed by atoms with van der Waals surface area (Å²) in [6.45, 7) is 0.429. The van der Waals surface area contributed by atoms with Crippen LogP contribution in [0.4, 0.5) is 10.5 Å². The van der Waals surface area contributed by atoms with Gasteiger partial charge >= 0.3 is 6.03 Å². The van der Waals surface area contributed by atoms with Crippen LogP contribution in [-0.2, 0) is 14.3 Å². The minimum Gasteiger partial charge on any atom is -0.497 e. The number of carbonyl (C=O) groups is 3. The van der Waals surface area contributed by atoms with Crippen molar-refractivity contribution in [2.75, 3.05) is 39.3 Å². The highest BCUT2D eigenvalue weighted by Crippen LogP contribution is 2.29. The summed E-state index contributed by atoms with van der Waals surface area (Å²) in [6.07, 6.45) is 0.811. The molecule has 2 fully saturated rings. The first-order valence-electron chi connectivity index (χ1n) is 8.22. The lowest BCUT2D eigenvalue weighted by molar-refractivity contribution is -0.136. The second-order valence-corrected chi connectivity index (χ2v) is 6.17. The number of nitrogens with one attached hydrogen (secondary N) is 2. The highest BCUT2D eigenvalue weighted by atomic mass is 16.5. The normalized spacial score (nSPS) is 18.6. The number of hydrogen-bond acceptors (Lipinski definition) is 6. The van der Waals surface area contributed by atoms with Crippen LogP contribution in [0.2, 0.25) is 0 Å². The smallest absolute Gasteiger partial charge is 0.325 e. The van der Waals surface area contributed by atoms with Crippen molar-refractivity contribution in [3.05, 3.63) is 18.2 Å². The highest BCUT2D eigenvalue weighted by molar-refractivity contribution is 6.10. The van der Waals surface area contributed by atoms with Crippen molar-refractivity contribution in [1.82, 2.24) is 10.2 Å². The molecular weight excluding hydrogens is 342 g/mol. The number of hydrogen-bond donors (Lipinski definition) is 2. The number of imide groups is 1. The summed E-state index contributed by atoms with van der Waals surface area (Å²) in [4.78, 5) is 38.1. The Labute approximate surface area is 150 Å². The molecule has 1 spiro atoms. The maximum Gasteiger partial charge on any atom is 0.325 e. The van der Waals surface area contributed by atoms with Crippen molar-refractivity contribution >= 4 is 23.5 Å². The number of nitrogens with zero attached hydrogens (tertiary/aromatic N) is 1. The molecule has 0 radical (unpaired) electrons. The molecule has 0 atom stereocenters. The van der Waals surface area contributed by atoms with Crippen LogP contribution in [0.1, 0.15) is 12.8 Å². The van der Waals surface area contributed by atoms with E-state index in [1.165, 1.54) is 14.2 Å². The van der Waals surface area contributed by atoms with Gasteiger partial charge in [-0.15, -0.1) is 0 Å². The molecule has 2 heterocycles. The Balaban J connectivity index is 1.68. The zero-order valence-corrected chi connectivity index (χ0v) is 14.7. The fraction of sp³-hybridized carbons (Fsp3) is 0.471. The van der Waals surface area contributed by atoms with Gasteiger partial charge in [0.1, 0.15) is 23.6 Å². The zero-order valence-electron chi connectivity index (χ0n) is 14.7. The Hall–Kier alpha value is -2.81. The van der Waals surface area contributed by atoms with Gasteiger partial charge in [-0.1, -0.05) is 0 Å². The standard InChI is InChI=1S/C17H21N3O6/c1-24-12-7-11(8-13(9-12)25-2)18-14(21)10-20-15(22)17(19-16(20)23)3-5-26-6-4-17/h7-9H,3-6,10H2,1-2H3,(H,18,21)(H,19,23). The van der Waals surface area contributed by atoms with E-state index in [0.717, 1.165) is 4.90 Å². The summed E-state index contributed by atoms with van der Waals surface area (Å²) in [5.41, 5.74) is -0.506. The van der Waals surface area contributed by atoms with E-state index in [1.54, 1.807) is 18.2 Å². The van der Waals surface area contributed by atoms with E-state index in [4.69, 9.17) is 14.2 Å². The lowest BCUT2D eigenvalue weighted by atomic mass is 9.90. The second-order valence-electron chi connectivity index (χ2n) is 6.17.